The van der Waals surface area contributed by atoms with Crippen LogP contribution in [0.15, 0.2) is 30.5 Å². The van der Waals surface area contributed by atoms with Crippen LogP contribution in [0.5, 0.6) is 5.75 Å². The number of hydrogen-bond acceptors (Lipinski definition) is 4. The predicted molar refractivity (Wildman–Crippen MR) is 88.6 cm³/mol. The summed E-state index contributed by atoms with van der Waals surface area (Å²) in [6, 6.07) is 6.45. The van der Waals surface area contributed by atoms with E-state index in [1.807, 2.05) is 0 Å². The molecule has 1 aromatic carbocycles. The topological polar surface area (TPSA) is 50.4 Å². The molecule has 1 aliphatic heterocycles. The molecule has 0 radical (unpaired) electrons. The summed E-state index contributed by atoms with van der Waals surface area (Å²) in [5.41, 5.74) is 1.52. The number of aromatic nitrogens is 2. The number of nitrogens with zero attached hydrogens (tertiary/aromatic N) is 2. The van der Waals surface area contributed by atoms with Crippen LogP contribution in [0.3, 0.4) is 0 Å². The van der Waals surface area contributed by atoms with Gasteiger partial charge in [-0.25, -0.2) is 4.98 Å². The van der Waals surface area contributed by atoms with Crippen LogP contribution in [-0.4, -0.2) is 47.0 Å². The molecule has 1 aliphatic carbocycles. The Morgan fingerprint density at radius 2 is 1.96 bits per heavy atom. The van der Waals surface area contributed by atoms with Gasteiger partial charge in [-0.05, 0) is 42.7 Å². The predicted octanol–water partition coefficient (Wildman–Crippen LogP) is 3.90. The van der Waals surface area contributed by atoms with Gasteiger partial charge >= 0.3 is 6.36 Å². The van der Waals surface area contributed by atoms with Gasteiger partial charge in [0, 0.05) is 12.6 Å². The van der Waals surface area contributed by atoms with Gasteiger partial charge in [0.25, 0.3) is 0 Å². The zero-order chi connectivity index (χ0) is 18.1. The Morgan fingerprint density at radius 1 is 1.19 bits per heavy atom. The van der Waals surface area contributed by atoms with Crippen LogP contribution >= 0.6 is 0 Å². The lowest BCUT2D eigenvalue weighted by Crippen LogP contribution is -2.48. The van der Waals surface area contributed by atoms with Gasteiger partial charge in [-0.2, -0.15) is 0 Å². The molecule has 1 N–H and O–H groups in total. The Bertz CT molecular complexity index is 741. The second-order valence-electron chi connectivity index (χ2n) is 6.67. The Balaban J connectivity index is 1.50. The summed E-state index contributed by atoms with van der Waals surface area (Å²) >= 11 is 0. The molecule has 140 valence electrons. The molecular weight excluding hydrogens is 347 g/mol. The summed E-state index contributed by atoms with van der Waals surface area (Å²) in [5.74, 6) is 0.597. The summed E-state index contributed by atoms with van der Waals surface area (Å²) < 4.78 is 46.3. The Morgan fingerprint density at radius 3 is 2.62 bits per heavy atom. The van der Waals surface area contributed by atoms with Gasteiger partial charge in [0.15, 0.2) is 0 Å². The number of halogens is 3. The van der Waals surface area contributed by atoms with E-state index in [4.69, 9.17) is 4.74 Å². The standard InChI is InChI=1S/C18H20F3N3O2/c19-18(20,21)26-14-6-4-12(5-7-14)15-10-22-17(23-15)16-11-25-9-8-24(16)13-2-1-3-13/h4-7,10,13,16H,1-3,8-9,11H2,(H,22,23). The first-order valence-corrected chi connectivity index (χ1v) is 8.74. The summed E-state index contributed by atoms with van der Waals surface area (Å²) in [4.78, 5) is 10.3. The van der Waals surface area contributed by atoms with Crippen molar-refractivity contribution in [3.8, 4) is 17.0 Å². The average molecular weight is 367 g/mol. The molecule has 4 rings (SSSR count). The summed E-state index contributed by atoms with van der Waals surface area (Å²) in [7, 11) is 0. The first-order chi connectivity index (χ1) is 12.5. The van der Waals surface area contributed by atoms with Crippen LogP contribution in [0.4, 0.5) is 13.2 Å². The smallest absolute Gasteiger partial charge is 0.406 e. The first-order valence-electron chi connectivity index (χ1n) is 8.74. The highest BCUT2D eigenvalue weighted by atomic mass is 19.4. The molecule has 1 aromatic heterocycles. The molecule has 0 bridgehead atoms. The van der Waals surface area contributed by atoms with Crippen molar-refractivity contribution in [1.29, 1.82) is 0 Å². The number of aromatic amines is 1. The third-order valence-corrected chi connectivity index (χ3v) is 5.02. The summed E-state index contributed by atoms with van der Waals surface area (Å²) in [6.45, 7) is 2.23. The minimum Gasteiger partial charge on any atom is -0.406 e. The van der Waals surface area contributed by atoms with Crippen molar-refractivity contribution < 1.29 is 22.6 Å². The SMILES string of the molecule is FC(F)(F)Oc1ccc(-c2cnc(C3COCCN3C3CCC3)[nH]2)cc1. The molecule has 2 fully saturated rings. The van der Waals surface area contributed by atoms with E-state index < -0.39 is 6.36 Å². The van der Waals surface area contributed by atoms with Crippen LogP contribution in [0.1, 0.15) is 31.1 Å². The van der Waals surface area contributed by atoms with E-state index in [0.29, 0.717) is 12.6 Å². The van der Waals surface area contributed by atoms with Crippen molar-refractivity contribution in [3.05, 3.63) is 36.3 Å². The van der Waals surface area contributed by atoms with E-state index in [9.17, 15) is 13.2 Å². The number of nitrogens with one attached hydrogen (secondary N) is 1. The second kappa shape index (κ2) is 6.92. The summed E-state index contributed by atoms with van der Waals surface area (Å²) in [5, 5.41) is 0. The third kappa shape index (κ3) is 3.71. The van der Waals surface area contributed by atoms with Crippen LogP contribution in [0.2, 0.25) is 0 Å². The maximum Gasteiger partial charge on any atom is 0.573 e. The van der Waals surface area contributed by atoms with E-state index in [1.165, 1.54) is 31.4 Å². The lowest BCUT2D eigenvalue weighted by molar-refractivity contribution is -0.274. The van der Waals surface area contributed by atoms with Gasteiger partial charge in [0.2, 0.25) is 0 Å². The lowest BCUT2D eigenvalue weighted by atomic mass is 9.90. The number of rotatable bonds is 4. The van der Waals surface area contributed by atoms with Gasteiger partial charge in [-0.15, -0.1) is 13.2 Å². The van der Waals surface area contributed by atoms with Crippen molar-refractivity contribution in [1.82, 2.24) is 14.9 Å². The fraction of sp³-hybridized carbons (Fsp3) is 0.500. The zero-order valence-corrected chi connectivity index (χ0v) is 14.1. The third-order valence-electron chi connectivity index (χ3n) is 5.02. The molecule has 8 heteroatoms. The highest BCUT2D eigenvalue weighted by molar-refractivity contribution is 5.59. The number of imidazole rings is 1. The zero-order valence-electron chi connectivity index (χ0n) is 14.1. The molecular formula is C18H20F3N3O2. The van der Waals surface area contributed by atoms with Gasteiger partial charge in [0.05, 0.1) is 31.1 Å². The first kappa shape index (κ1) is 17.4. The summed E-state index contributed by atoms with van der Waals surface area (Å²) in [6.07, 6.45) is 0.719. The minimum absolute atomic E-state index is 0.0932. The van der Waals surface area contributed by atoms with E-state index in [-0.39, 0.29) is 11.8 Å². The maximum absolute atomic E-state index is 12.3. The molecule has 0 amide bonds. The Kier molecular flexibility index (Phi) is 4.62. The molecule has 1 saturated heterocycles. The average Bonchev–Trinajstić information content (AvgIpc) is 3.03. The van der Waals surface area contributed by atoms with Gasteiger partial charge < -0.3 is 14.5 Å². The molecule has 26 heavy (non-hydrogen) atoms. The van der Waals surface area contributed by atoms with Crippen molar-refractivity contribution in [3.63, 3.8) is 0 Å². The lowest BCUT2D eigenvalue weighted by Gasteiger charge is -2.44. The molecule has 5 nitrogen and oxygen atoms in total. The molecule has 1 unspecified atom stereocenters. The quantitative estimate of drug-likeness (QED) is 0.891. The number of hydrogen-bond donors (Lipinski definition) is 1. The molecule has 2 aromatic rings. The molecule has 1 atom stereocenters. The molecule has 2 heterocycles. The van der Waals surface area contributed by atoms with E-state index in [0.717, 1.165) is 30.2 Å². The highest BCUT2D eigenvalue weighted by Gasteiger charge is 2.35. The molecule has 0 spiro atoms. The van der Waals surface area contributed by atoms with E-state index in [1.54, 1.807) is 18.3 Å². The van der Waals surface area contributed by atoms with Crippen molar-refractivity contribution >= 4 is 0 Å². The number of H-pyrrole nitrogens is 1. The minimum atomic E-state index is -4.69. The van der Waals surface area contributed by atoms with E-state index >= 15 is 0 Å². The van der Waals surface area contributed by atoms with E-state index in [2.05, 4.69) is 19.6 Å². The number of benzene rings is 1. The van der Waals surface area contributed by atoms with Gasteiger partial charge in [-0.3, -0.25) is 4.90 Å². The molecule has 1 saturated carbocycles. The monoisotopic (exact) mass is 367 g/mol. The fourth-order valence-corrected chi connectivity index (χ4v) is 3.50. The van der Waals surface area contributed by atoms with Crippen molar-refractivity contribution in [2.75, 3.05) is 19.8 Å². The van der Waals surface area contributed by atoms with Crippen LogP contribution < -0.4 is 4.74 Å². The number of alkyl halides is 3. The van der Waals surface area contributed by atoms with Crippen LogP contribution in [0.25, 0.3) is 11.3 Å². The van der Waals surface area contributed by atoms with Crippen molar-refractivity contribution in [2.45, 2.75) is 37.7 Å². The molecule has 2 aliphatic rings. The van der Waals surface area contributed by atoms with Crippen LogP contribution in [-0.2, 0) is 4.74 Å². The normalized spacial score (nSPS) is 22.2. The Labute approximate surface area is 149 Å². The second-order valence-corrected chi connectivity index (χ2v) is 6.67. The van der Waals surface area contributed by atoms with Gasteiger partial charge in [0.1, 0.15) is 11.6 Å². The number of morpholine rings is 1. The Hall–Kier alpha value is -2.06. The van der Waals surface area contributed by atoms with Gasteiger partial charge in [-0.1, -0.05) is 6.42 Å². The van der Waals surface area contributed by atoms with Crippen LogP contribution in [0, 0.1) is 0 Å². The maximum atomic E-state index is 12.3. The van der Waals surface area contributed by atoms with Crippen molar-refractivity contribution in [2.24, 2.45) is 0 Å². The largest absolute Gasteiger partial charge is 0.573 e. The fourth-order valence-electron chi connectivity index (χ4n) is 3.50. The number of ether oxygens (including phenoxy) is 2. The highest BCUT2D eigenvalue weighted by Crippen LogP contribution is 2.34.